The third-order valence-electron chi connectivity index (χ3n) is 3.41. The molecule has 0 spiro atoms. The minimum atomic E-state index is 0.584. The zero-order chi connectivity index (χ0) is 13.1. The van der Waals surface area contributed by atoms with Crippen molar-refractivity contribution >= 4 is 11.3 Å². The molecule has 1 unspecified atom stereocenters. The van der Waals surface area contributed by atoms with Gasteiger partial charge < -0.3 is 5.32 Å². The van der Waals surface area contributed by atoms with Crippen molar-refractivity contribution in [3.05, 3.63) is 41.4 Å². The van der Waals surface area contributed by atoms with Gasteiger partial charge in [-0.1, -0.05) is 30.3 Å². The summed E-state index contributed by atoms with van der Waals surface area (Å²) in [6, 6.07) is 11.0. The fourth-order valence-electron chi connectivity index (χ4n) is 2.48. The fraction of sp³-hybridized carbons (Fsp3) is 0.400. The molecule has 0 amide bonds. The predicted molar refractivity (Wildman–Crippen MR) is 80.3 cm³/mol. The van der Waals surface area contributed by atoms with Crippen molar-refractivity contribution < 1.29 is 0 Å². The van der Waals surface area contributed by atoms with Crippen LogP contribution in [0.1, 0.15) is 12.6 Å². The van der Waals surface area contributed by atoms with Gasteiger partial charge in [0, 0.05) is 43.2 Å². The number of piperazine rings is 1. The van der Waals surface area contributed by atoms with Crippen molar-refractivity contribution in [2.75, 3.05) is 19.6 Å². The minimum Gasteiger partial charge on any atom is -0.312 e. The zero-order valence-corrected chi connectivity index (χ0v) is 12.0. The first kappa shape index (κ1) is 12.8. The van der Waals surface area contributed by atoms with Crippen LogP contribution in [0.25, 0.3) is 10.6 Å². The van der Waals surface area contributed by atoms with Gasteiger partial charge in [-0.05, 0) is 6.92 Å². The largest absolute Gasteiger partial charge is 0.312 e. The smallest absolute Gasteiger partial charge is 0.123 e. The SMILES string of the molecule is CC1CN(Cc2csc(-c3ccccc3)n2)CCN1. The molecular weight excluding hydrogens is 254 g/mol. The molecule has 3 nitrogen and oxygen atoms in total. The summed E-state index contributed by atoms with van der Waals surface area (Å²) in [5.74, 6) is 0. The van der Waals surface area contributed by atoms with Gasteiger partial charge >= 0.3 is 0 Å². The summed E-state index contributed by atoms with van der Waals surface area (Å²) in [4.78, 5) is 7.23. The molecule has 0 radical (unpaired) electrons. The lowest BCUT2D eigenvalue weighted by atomic mass is 10.2. The van der Waals surface area contributed by atoms with Crippen LogP contribution in [-0.4, -0.2) is 35.6 Å². The van der Waals surface area contributed by atoms with E-state index in [0.29, 0.717) is 6.04 Å². The molecule has 4 heteroatoms. The molecule has 1 fully saturated rings. The van der Waals surface area contributed by atoms with Crippen LogP contribution in [0.5, 0.6) is 0 Å². The summed E-state index contributed by atoms with van der Waals surface area (Å²) >= 11 is 1.74. The van der Waals surface area contributed by atoms with Crippen LogP contribution < -0.4 is 5.32 Å². The van der Waals surface area contributed by atoms with E-state index in [-0.39, 0.29) is 0 Å². The van der Waals surface area contributed by atoms with Crippen LogP contribution in [0.4, 0.5) is 0 Å². The van der Waals surface area contributed by atoms with Gasteiger partial charge in [0.1, 0.15) is 5.01 Å². The average molecular weight is 273 g/mol. The highest BCUT2D eigenvalue weighted by atomic mass is 32.1. The Morgan fingerprint density at radius 1 is 1.37 bits per heavy atom. The van der Waals surface area contributed by atoms with Crippen LogP contribution in [0.3, 0.4) is 0 Å². The van der Waals surface area contributed by atoms with Gasteiger partial charge in [0.05, 0.1) is 5.69 Å². The molecule has 19 heavy (non-hydrogen) atoms. The Hall–Kier alpha value is -1.23. The van der Waals surface area contributed by atoms with Gasteiger partial charge in [0.25, 0.3) is 0 Å². The summed E-state index contributed by atoms with van der Waals surface area (Å²) in [6.07, 6.45) is 0. The summed E-state index contributed by atoms with van der Waals surface area (Å²) in [7, 11) is 0. The van der Waals surface area contributed by atoms with Crippen LogP contribution in [0, 0.1) is 0 Å². The second-order valence-corrected chi connectivity index (χ2v) is 5.96. The molecule has 1 N–H and O–H groups in total. The van der Waals surface area contributed by atoms with Gasteiger partial charge in [-0.15, -0.1) is 11.3 Å². The predicted octanol–water partition coefficient (Wildman–Crippen LogP) is 2.60. The third-order valence-corrected chi connectivity index (χ3v) is 4.35. The number of rotatable bonds is 3. The summed E-state index contributed by atoms with van der Waals surface area (Å²) in [6.45, 7) is 6.51. The van der Waals surface area contributed by atoms with E-state index in [9.17, 15) is 0 Å². The number of nitrogens with zero attached hydrogens (tertiary/aromatic N) is 2. The second kappa shape index (κ2) is 5.82. The van der Waals surface area contributed by atoms with E-state index in [1.807, 2.05) is 6.07 Å². The van der Waals surface area contributed by atoms with Crippen molar-refractivity contribution in [2.24, 2.45) is 0 Å². The van der Waals surface area contributed by atoms with Crippen molar-refractivity contribution in [2.45, 2.75) is 19.5 Å². The Labute approximate surface area is 118 Å². The molecule has 1 aliphatic rings. The molecule has 100 valence electrons. The van der Waals surface area contributed by atoms with Crippen LogP contribution >= 0.6 is 11.3 Å². The molecule has 1 aromatic carbocycles. The maximum atomic E-state index is 4.76. The standard InChI is InChI=1S/C15H19N3S/c1-12-9-18(8-7-16-12)10-14-11-19-15(17-14)13-5-3-2-4-6-13/h2-6,11-12,16H,7-10H2,1H3. The highest BCUT2D eigenvalue weighted by Gasteiger charge is 2.16. The Morgan fingerprint density at radius 3 is 3.00 bits per heavy atom. The molecule has 2 aromatic rings. The van der Waals surface area contributed by atoms with Crippen LogP contribution in [-0.2, 0) is 6.54 Å². The maximum Gasteiger partial charge on any atom is 0.123 e. The lowest BCUT2D eigenvalue weighted by molar-refractivity contribution is 0.198. The van der Waals surface area contributed by atoms with Crippen molar-refractivity contribution in [3.8, 4) is 10.6 Å². The lowest BCUT2D eigenvalue weighted by Crippen LogP contribution is -2.48. The summed E-state index contributed by atoms with van der Waals surface area (Å²) in [5.41, 5.74) is 2.41. The Morgan fingerprint density at radius 2 is 2.21 bits per heavy atom. The van der Waals surface area contributed by atoms with E-state index in [0.717, 1.165) is 31.2 Å². The second-order valence-electron chi connectivity index (χ2n) is 5.10. The average Bonchev–Trinajstić information content (AvgIpc) is 2.88. The van der Waals surface area contributed by atoms with E-state index < -0.39 is 0 Å². The number of aromatic nitrogens is 1. The first-order chi connectivity index (χ1) is 9.31. The van der Waals surface area contributed by atoms with Crippen molar-refractivity contribution in [1.82, 2.24) is 15.2 Å². The van der Waals surface area contributed by atoms with Crippen molar-refractivity contribution in [1.29, 1.82) is 0 Å². The van der Waals surface area contributed by atoms with E-state index in [4.69, 9.17) is 4.98 Å². The summed E-state index contributed by atoms with van der Waals surface area (Å²) < 4.78 is 0. The Kier molecular flexibility index (Phi) is 3.92. The first-order valence-corrected chi connectivity index (χ1v) is 7.65. The maximum absolute atomic E-state index is 4.76. The van der Waals surface area contributed by atoms with Gasteiger partial charge in [0.15, 0.2) is 0 Å². The van der Waals surface area contributed by atoms with E-state index in [2.05, 4.69) is 46.8 Å². The molecule has 0 bridgehead atoms. The fourth-order valence-corrected chi connectivity index (χ4v) is 3.29. The van der Waals surface area contributed by atoms with E-state index in [1.54, 1.807) is 11.3 Å². The monoisotopic (exact) mass is 273 g/mol. The molecule has 1 aliphatic heterocycles. The minimum absolute atomic E-state index is 0.584. The Bertz CT molecular complexity index is 523. The van der Waals surface area contributed by atoms with E-state index >= 15 is 0 Å². The molecule has 0 saturated carbocycles. The highest BCUT2D eigenvalue weighted by Crippen LogP contribution is 2.23. The zero-order valence-electron chi connectivity index (χ0n) is 11.2. The molecule has 0 aliphatic carbocycles. The highest BCUT2D eigenvalue weighted by molar-refractivity contribution is 7.13. The number of hydrogen-bond donors (Lipinski definition) is 1. The van der Waals surface area contributed by atoms with Gasteiger partial charge in [-0.2, -0.15) is 0 Å². The molecular formula is C15H19N3S. The molecule has 1 saturated heterocycles. The quantitative estimate of drug-likeness (QED) is 0.931. The molecule has 2 heterocycles. The lowest BCUT2D eigenvalue weighted by Gasteiger charge is -2.31. The normalized spacial score (nSPS) is 20.6. The third kappa shape index (κ3) is 3.21. The van der Waals surface area contributed by atoms with Crippen molar-refractivity contribution in [3.63, 3.8) is 0 Å². The Balaban J connectivity index is 1.68. The number of benzene rings is 1. The molecule has 3 rings (SSSR count). The first-order valence-electron chi connectivity index (χ1n) is 6.77. The molecule has 1 aromatic heterocycles. The topological polar surface area (TPSA) is 28.2 Å². The number of nitrogens with one attached hydrogen (secondary N) is 1. The molecule has 1 atom stereocenters. The van der Waals surface area contributed by atoms with E-state index in [1.165, 1.54) is 11.3 Å². The number of thiazole rings is 1. The van der Waals surface area contributed by atoms with Gasteiger partial charge in [-0.3, -0.25) is 4.90 Å². The van der Waals surface area contributed by atoms with Crippen LogP contribution in [0.15, 0.2) is 35.7 Å². The van der Waals surface area contributed by atoms with Crippen LogP contribution in [0.2, 0.25) is 0 Å². The summed E-state index contributed by atoms with van der Waals surface area (Å²) in [5, 5.41) is 6.78. The number of hydrogen-bond acceptors (Lipinski definition) is 4. The van der Waals surface area contributed by atoms with Gasteiger partial charge in [-0.25, -0.2) is 4.98 Å². The van der Waals surface area contributed by atoms with Gasteiger partial charge in [0.2, 0.25) is 0 Å².